The van der Waals surface area contributed by atoms with E-state index in [1.165, 1.54) is 6.08 Å². The maximum Gasteiger partial charge on any atom is 0.247 e. The third kappa shape index (κ3) is 7.33. The maximum atomic E-state index is 12.7. The average Bonchev–Trinajstić information content (AvgIpc) is 2.68. The van der Waals surface area contributed by atoms with Gasteiger partial charge in [0, 0.05) is 28.2 Å². The molecule has 146 valence electrons. The van der Waals surface area contributed by atoms with Crippen LogP contribution in [0.1, 0.15) is 17.5 Å². The molecule has 1 N–H and O–H groups in total. The van der Waals surface area contributed by atoms with E-state index in [1.54, 1.807) is 4.90 Å². The number of amides is 2. The third-order valence-corrected chi connectivity index (χ3v) is 4.54. The van der Waals surface area contributed by atoms with Gasteiger partial charge in [-0.25, -0.2) is 0 Å². The first-order chi connectivity index (χ1) is 13.4. The van der Waals surface area contributed by atoms with Crippen molar-refractivity contribution in [2.75, 3.05) is 11.9 Å². The molecule has 0 atom stereocenters. The second-order valence-electron chi connectivity index (χ2n) is 6.28. The van der Waals surface area contributed by atoms with Crippen LogP contribution in [0.15, 0.2) is 72.2 Å². The number of halogens is 2. The number of nitrogens with one attached hydrogen (secondary N) is 1. The number of carbonyl (C=O) groups is 2. The van der Waals surface area contributed by atoms with Gasteiger partial charge in [0.1, 0.15) is 0 Å². The largest absolute Gasteiger partial charge is 0.334 e. The van der Waals surface area contributed by atoms with Crippen molar-refractivity contribution < 1.29 is 9.59 Å². The highest BCUT2D eigenvalue weighted by atomic mass is 79.9. The zero-order valence-corrected chi connectivity index (χ0v) is 17.8. The Labute approximate surface area is 179 Å². The number of carbonyl (C=O) groups excluding carboxylic acids is 2. The van der Waals surface area contributed by atoms with Crippen molar-refractivity contribution in [3.63, 3.8) is 0 Å². The highest BCUT2D eigenvalue weighted by Gasteiger charge is 2.15. The molecule has 0 bridgehead atoms. The summed E-state index contributed by atoms with van der Waals surface area (Å²) in [5, 5.41) is 3.36. The molecule has 2 aromatic carbocycles. The first-order valence-corrected chi connectivity index (χ1v) is 9.92. The molecule has 0 aliphatic rings. The first-order valence-electron chi connectivity index (χ1n) is 8.75. The van der Waals surface area contributed by atoms with E-state index in [0.717, 1.165) is 15.6 Å². The number of aryl methyl sites for hydroxylation is 1. The van der Waals surface area contributed by atoms with Crippen molar-refractivity contribution in [2.45, 2.75) is 19.4 Å². The Kier molecular flexibility index (Phi) is 8.48. The van der Waals surface area contributed by atoms with Crippen molar-refractivity contribution >= 4 is 45.0 Å². The quantitative estimate of drug-likeness (QED) is 0.513. The van der Waals surface area contributed by atoms with Crippen LogP contribution >= 0.6 is 27.5 Å². The predicted molar refractivity (Wildman–Crippen MR) is 119 cm³/mol. The molecule has 28 heavy (non-hydrogen) atoms. The molecule has 0 fully saturated rings. The molecule has 2 aromatic rings. The third-order valence-electron chi connectivity index (χ3n) is 4.04. The van der Waals surface area contributed by atoms with Crippen LogP contribution in [0.3, 0.4) is 0 Å². The van der Waals surface area contributed by atoms with Crippen LogP contribution in [0.5, 0.6) is 0 Å². The fraction of sp³-hybridized carbons (Fsp3) is 0.182. The maximum absolute atomic E-state index is 12.7. The van der Waals surface area contributed by atoms with Crippen LogP contribution in [0.25, 0.3) is 0 Å². The Morgan fingerprint density at radius 2 is 1.68 bits per heavy atom. The summed E-state index contributed by atoms with van der Waals surface area (Å²) in [5.41, 5.74) is 2.72. The Bertz CT molecular complexity index is 848. The molecule has 0 saturated carbocycles. The van der Waals surface area contributed by atoms with Crippen LogP contribution in [0.2, 0.25) is 5.02 Å². The lowest BCUT2D eigenvalue weighted by Gasteiger charge is -2.23. The topological polar surface area (TPSA) is 49.4 Å². The van der Waals surface area contributed by atoms with Crippen LogP contribution < -0.4 is 5.32 Å². The first kappa shape index (κ1) is 21.9. The van der Waals surface area contributed by atoms with E-state index >= 15 is 0 Å². The summed E-state index contributed by atoms with van der Waals surface area (Å²) in [5.74, 6) is -0.213. The van der Waals surface area contributed by atoms with Crippen LogP contribution in [0.4, 0.5) is 5.69 Å². The van der Waals surface area contributed by atoms with Gasteiger partial charge in [0.25, 0.3) is 0 Å². The molecule has 0 unspecified atom stereocenters. The second-order valence-corrected chi connectivity index (χ2v) is 7.84. The molecule has 0 aliphatic heterocycles. The summed E-state index contributed by atoms with van der Waals surface area (Å²) >= 11 is 9.28. The van der Waals surface area contributed by atoms with Gasteiger partial charge in [0.15, 0.2) is 0 Å². The van der Waals surface area contributed by atoms with Gasteiger partial charge in [-0.3, -0.25) is 9.59 Å². The van der Waals surface area contributed by atoms with E-state index in [0.29, 0.717) is 36.6 Å². The van der Waals surface area contributed by atoms with Crippen LogP contribution in [-0.4, -0.2) is 23.3 Å². The summed E-state index contributed by atoms with van der Waals surface area (Å²) < 4.78 is 0.747. The fourth-order valence-corrected chi connectivity index (χ4v) is 3.04. The average molecular weight is 462 g/mol. The number of rotatable bonds is 9. The van der Waals surface area contributed by atoms with E-state index in [1.807, 2.05) is 48.5 Å². The number of anilines is 1. The normalized spacial score (nSPS) is 10.2. The van der Waals surface area contributed by atoms with E-state index in [-0.39, 0.29) is 11.8 Å². The van der Waals surface area contributed by atoms with E-state index in [9.17, 15) is 9.59 Å². The molecule has 4 nitrogen and oxygen atoms in total. The molecule has 6 heteroatoms. The Hall–Kier alpha value is -2.37. The molecule has 0 saturated heterocycles. The van der Waals surface area contributed by atoms with Gasteiger partial charge in [-0.1, -0.05) is 65.0 Å². The van der Waals surface area contributed by atoms with Gasteiger partial charge in [-0.15, -0.1) is 0 Å². The highest BCUT2D eigenvalue weighted by molar-refractivity contribution is 9.11. The van der Waals surface area contributed by atoms with Gasteiger partial charge >= 0.3 is 0 Å². The molecule has 2 rings (SSSR count). The van der Waals surface area contributed by atoms with Crippen LogP contribution in [-0.2, 0) is 22.6 Å². The monoisotopic (exact) mass is 460 g/mol. The van der Waals surface area contributed by atoms with E-state index in [2.05, 4.69) is 34.4 Å². The lowest BCUT2D eigenvalue weighted by Crippen LogP contribution is -2.31. The molecule has 2 amide bonds. The smallest absolute Gasteiger partial charge is 0.247 e. The number of benzene rings is 2. The fourth-order valence-electron chi connectivity index (χ4n) is 2.61. The van der Waals surface area contributed by atoms with Gasteiger partial charge < -0.3 is 10.2 Å². The Morgan fingerprint density at radius 1 is 1.07 bits per heavy atom. The van der Waals surface area contributed by atoms with Gasteiger partial charge in [-0.2, -0.15) is 0 Å². The molecular weight excluding hydrogens is 440 g/mol. The molecular formula is C22H22BrClN2O2. The Balaban J connectivity index is 1.96. The summed E-state index contributed by atoms with van der Waals surface area (Å²) in [6.45, 7) is 8.21. The molecule has 0 radical (unpaired) electrons. The van der Waals surface area contributed by atoms with Crippen molar-refractivity contribution in [2.24, 2.45) is 0 Å². The summed E-state index contributed by atoms with van der Waals surface area (Å²) in [4.78, 5) is 25.8. The SMILES string of the molecule is C=CC(=O)Nc1ccc(CCC(=O)N(CC(=C)Br)Cc2ccc(Cl)cc2)cc1. The number of hydrogen-bond acceptors (Lipinski definition) is 2. The highest BCUT2D eigenvalue weighted by Crippen LogP contribution is 2.16. The molecule has 0 spiro atoms. The molecule has 0 aliphatic carbocycles. The number of nitrogens with zero attached hydrogens (tertiary/aromatic N) is 1. The molecule has 0 aromatic heterocycles. The van der Waals surface area contributed by atoms with E-state index in [4.69, 9.17) is 11.6 Å². The van der Waals surface area contributed by atoms with Crippen molar-refractivity contribution in [1.82, 2.24) is 4.90 Å². The van der Waals surface area contributed by atoms with Gasteiger partial charge in [0.2, 0.25) is 11.8 Å². The molecule has 0 heterocycles. The van der Waals surface area contributed by atoms with Crippen molar-refractivity contribution in [3.8, 4) is 0 Å². The lowest BCUT2D eigenvalue weighted by atomic mass is 10.1. The van der Waals surface area contributed by atoms with E-state index < -0.39 is 0 Å². The summed E-state index contributed by atoms with van der Waals surface area (Å²) in [7, 11) is 0. The number of hydrogen-bond donors (Lipinski definition) is 1. The van der Waals surface area contributed by atoms with Crippen LogP contribution in [0, 0.1) is 0 Å². The zero-order chi connectivity index (χ0) is 20.5. The minimum absolute atomic E-state index is 0.0413. The second kappa shape index (κ2) is 10.8. The standard InChI is InChI=1S/C22H22BrClN2O2/c1-3-21(27)25-20-11-6-17(7-12-20)8-13-22(28)26(14-16(2)23)15-18-4-9-19(24)10-5-18/h3-7,9-12H,1-2,8,13-15H2,(H,25,27). The van der Waals surface area contributed by atoms with Gasteiger partial charge in [-0.05, 0) is 47.9 Å². The van der Waals surface area contributed by atoms with Gasteiger partial charge in [0.05, 0.1) is 6.54 Å². The summed E-state index contributed by atoms with van der Waals surface area (Å²) in [6.07, 6.45) is 2.21. The van der Waals surface area contributed by atoms with Crippen molar-refractivity contribution in [1.29, 1.82) is 0 Å². The minimum Gasteiger partial charge on any atom is -0.334 e. The van der Waals surface area contributed by atoms with Crippen molar-refractivity contribution in [3.05, 3.63) is 88.4 Å². The predicted octanol–water partition coefficient (Wildman–Crippen LogP) is 5.33. The zero-order valence-electron chi connectivity index (χ0n) is 15.5. The summed E-state index contributed by atoms with van der Waals surface area (Å²) in [6, 6.07) is 14.9. The Morgan fingerprint density at radius 3 is 2.25 bits per heavy atom. The minimum atomic E-state index is -0.254. The lowest BCUT2D eigenvalue weighted by molar-refractivity contribution is -0.131.